The van der Waals surface area contributed by atoms with Gasteiger partial charge in [0.25, 0.3) is 0 Å². The fourth-order valence-electron chi connectivity index (χ4n) is 4.57. The van der Waals surface area contributed by atoms with E-state index in [4.69, 9.17) is 0 Å². The zero-order chi connectivity index (χ0) is 22.5. The third kappa shape index (κ3) is 5.32. The van der Waals surface area contributed by atoms with Crippen LogP contribution in [0.15, 0.2) is 42.6 Å². The van der Waals surface area contributed by atoms with Gasteiger partial charge in [-0.3, -0.25) is 9.88 Å². The zero-order valence-corrected chi connectivity index (χ0v) is 19.9. The Labute approximate surface area is 192 Å². The average molecular weight is 430 g/mol. The lowest BCUT2D eigenvalue weighted by Crippen LogP contribution is -2.41. The first-order chi connectivity index (χ1) is 15.5. The number of pyridine rings is 1. The predicted molar refractivity (Wildman–Crippen MR) is 134 cm³/mol. The number of fused-ring (bicyclic) bond motifs is 1. The number of likely N-dealkylation sites (tertiary alicyclic amines) is 1. The number of hydrogen-bond acceptors (Lipinski definition) is 4. The number of anilines is 1. The first kappa shape index (κ1) is 22.4. The van der Waals surface area contributed by atoms with E-state index < -0.39 is 0 Å². The van der Waals surface area contributed by atoms with Crippen LogP contribution in [0.4, 0.5) is 5.69 Å². The molecule has 1 aromatic carbocycles. The minimum atomic E-state index is 0.601. The minimum Gasteiger partial charge on any atom is -0.373 e. The molecule has 0 spiro atoms. The molecule has 1 aliphatic heterocycles. The molecule has 1 aliphatic rings. The Morgan fingerprint density at radius 1 is 1.12 bits per heavy atom. The molecule has 0 aliphatic carbocycles. The van der Waals surface area contributed by atoms with Crippen molar-refractivity contribution in [2.75, 3.05) is 39.0 Å². The maximum absolute atomic E-state index is 4.31. The van der Waals surface area contributed by atoms with Crippen LogP contribution in [0, 0.1) is 18.8 Å². The van der Waals surface area contributed by atoms with Gasteiger partial charge < -0.3 is 14.8 Å². The SMILES string of the molecule is CCn1c(C#CCNc2ccc(C)nc2)cc2cc(CN3CCC(N(C)C)CC3)ccc21. The second-order valence-corrected chi connectivity index (χ2v) is 8.98. The first-order valence-corrected chi connectivity index (χ1v) is 11.7. The van der Waals surface area contributed by atoms with E-state index in [1.165, 1.54) is 42.4 Å². The molecule has 0 saturated carbocycles. The Balaban J connectivity index is 1.43. The Kier molecular flexibility index (Phi) is 7.14. The standard InChI is InChI=1S/C27H35N5/c1-5-32-26(7-6-14-28-24-10-8-21(2)29-19-24)18-23-17-22(9-11-27(23)32)20-31-15-12-25(13-16-31)30(3)4/h8-11,17-19,25,28H,5,12-16,20H2,1-4H3. The summed E-state index contributed by atoms with van der Waals surface area (Å²) in [4.78, 5) is 9.27. The number of benzene rings is 1. The number of hydrogen-bond donors (Lipinski definition) is 1. The average Bonchev–Trinajstić information content (AvgIpc) is 3.15. The van der Waals surface area contributed by atoms with Gasteiger partial charge in [-0.15, -0.1) is 0 Å². The number of rotatable bonds is 6. The third-order valence-electron chi connectivity index (χ3n) is 6.48. The molecule has 2 aromatic heterocycles. The summed E-state index contributed by atoms with van der Waals surface area (Å²) in [7, 11) is 4.39. The Morgan fingerprint density at radius 2 is 1.94 bits per heavy atom. The summed E-state index contributed by atoms with van der Waals surface area (Å²) in [6.07, 6.45) is 4.37. The van der Waals surface area contributed by atoms with Crippen LogP contribution in [0.3, 0.4) is 0 Å². The van der Waals surface area contributed by atoms with Gasteiger partial charge in [0.05, 0.1) is 24.1 Å². The molecular weight excluding hydrogens is 394 g/mol. The summed E-state index contributed by atoms with van der Waals surface area (Å²) in [6, 6.07) is 13.9. The van der Waals surface area contributed by atoms with Gasteiger partial charge in [-0.1, -0.05) is 12.0 Å². The zero-order valence-electron chi connectivity index (χ0n) is 19.9. The Bertz CT molecular complexity index is 1090. The van der Waals surface area contributed by atoms with Crippen LogP contribution in [0.2, 0.25) is 0 Å². The van der Waals surface area contributed by atoms with E-state index in [9.17, 15) is 0 Å². The highest BCUT2D eigenvalue weighted by atomic mass is 15.2. The molecule has 0 unspecified atom stereocenters. The van der Waals surface area contributed by atoms with E-state index in [0.717, 1.165) is 36.2 Å². The minimum absolute atomic E-state index is 0.601. The molecule has 5 nitrogen and oxygen atoms in total. The molecule has 0 bridgehead atoms. The highest BCUT2D eigenvalue weighted by molar-refractivity contribution is 5.83. The third-order valence-corrected chi connectivity index (χ3v) is 6.48. The lowest BCUT2D eigenvalue weighted by Gasteiger charge is -2.35. The summed E-state index contributed by atoms with van der Waals surface area (Å²) in [5, 5.41) is 4.61. The molecule has 5 heteroatoms. The van der Waals surface area contributed by atoms with Gasteiger partial charge in [0, 0.05) is 35.7 Å². The number of nitrogens with zero attached hydrogens (tertiary/aromatic N) is 4. The van der Waals surface area contributed by atoms with Crippen molar-refractivity contribution in [1.29, 1.82) is 0 Å². The summed E-state index contributed by atoms with van der Waals surface area (Å²) in [5.41, 5.74) is 5.76. The maximum Gasteiger partial charge on any atom is 0.0931 e. The van der Waals surface area contributed by atoms with Crippen molar-refractivity contribution >= 4 is 16.6 Å². The van der Waals surface area contributed by atoms with Crippen LogP contribution >= 0.6 is 0 Å². The van der Waals surface area contributed by atoms with Crippen molar-refractivity contribution in [3.05, 3.63) is 59.5 Å². The van der Waals surface area contributed by atoms with Crippen LogP contribution in [-0.2, 0) is 13.1 Å². The van der Waals surface area contributed by atoms with Gasteiger partial charge in [0.15, 0.2) is 0 Å². The van der Waals surface area contributed by atoms with Gasteiger partial charge in [0.1, 0.15) is 0 Å². The topological polar surface area (TPSA) is 36.3 Å². The second-order valence-electron chi connectivity index (χ2n) is 8.98. The van der Waals surface area contributed by atoms with E-state index in [0.29, 0.717) is 6.54 Å². The van der Waals surface area contributed by atoms with E-state index in [-0.39, 0.29) is 0 Å². The number of aryl methyl sites for hydroxylation is 2. The fourth-order valence-corrected chi connectivity index (χ4v) is 4.57. The van der Waals surface area contributed by atoms with E-state index in [1.807, 2.05) is 25.3 Å². The Hall–Kier alpha value is -2.81. The van der Waals surface area contributed by atoms with Crippen molar-refractivity contribution in [2.45, 2.75) is 45.8 Å². The van der Waals surface area contributed by atoms with Crippen molar-refractivity contribution in [1.82, 2.24) is 19.4 Å². The number of aromatic nitrogens is 2. The largest absolute Gasteiger partial charge is 0.373 e. The summed E-state index contributed by atoms with van der Waals surface area (Å²) < 4.78 is 2.31. The highest BCUT2D eigenvalue weighted by Gasteiger charge is 2.20. The van der Waals surface area contributed by atoms with Crippen molar-refractivity contribution in [3.8, 4) is 11.8 Å². The maximum atomic E-state index is 4.31. The monoisotopic (exact) mass is 429 g/mol. The lowest BCUT2D eigenvalue weighted by atomic mass is 10.0. The van der Waals surface area contributed by atoms with E-state index >= 15 is 0 Å². The molecular formula is C27H35N5. The normalized spacial score (nSPS) is 15.2. The second kappa shape index (κ2) is 10.2. The van der Waals surface area contributed by atoms with E-state index in [1.54, 1.807) is 0 Å². The summed E-state index contributed by atoms with van der Waals surface area (Å²) in [6.45, 7) is 9.08. The molecule has 0 atom stereocenters. The van der Waals surface area contributed by atoms with Crippen molar-refractivity contribution in [2.24, 2.45) is 0 Å². The van der Waals surface area contributed by atoms with Crippen LogP contribution in [0.1, 0.15) is 36.7 Å². The molecule has 4 rings (SSSR count). The van der Waals surface area contributed by atoms with Gasteiger partial charge in [-0.2, -0.15) is 0 Å². The summed E-state index contributed by atoms with van der Waals surface area (Å²) in [5.74, 6) is 6.64. The van der Waals surface area contributed by atoms with Crippen LogP contribution < -0.4 is 5.32 Å². The molecule has 1 fully saturated rings. The molecule has 3 heterocycles. The number of piperidine rings is 1. The van der Waals surface area contributed by atoms with Gasteiger partial charge in [0.2, 0.25) is 0 Å². The first-order valence-electron chi connectivity index (χ1n) is 11.7. The molecule has 168 valence electrons. The predicted octanol–water partition coefficient (Wildman–Crippen LogP) is 4.35. The number of nitrogens with one attached hydrogen (secondary N) is 1. The van der Waals surface area contributed by atoms with Gasteiger partial charge >= 0.3 is 0 Å². The highest BCUT2D eigenvalue weighted by Crippen LogP contribution is 2.23. The van der Waals surface area contributed by atoms with Gasteiger partial charge in [-0.25, -0.2) is 0 Å². The molecule has 32 heavy (non-hydrogen) atoms. The molecule has 0 amide bonds. The molecule has 1 saturated heterocycles. The molecule has 3 aromatic rings. The quantitative estimate of drug-likeness (QED) is 0.591. The molecule has 1 N–H and O–H groups in total. The summed E-state index contributed by atoms with van der Waals surface area (Å²) >= 11 is 0. The van der Waals surface area contributed by atoms with Crippen molar-refractivity contribution < 1.29 is 0 Å². The van der Waals surface area contributed by atoms with Crippen LogP contribution in [0.25, 0.3) is 10.9 Å². The van der Waals surface area contributed by atoms with Crippen LogP contribution in [-0.4, -0.2) is 59.1 Å². The Morgan fingerprint density at radius 3 is 2.62 bits per heavy atom. The van der Waals surface area contributed by atoms with Crippen molar-refractivity contribution in [3.63, 3.8) is 0 Å². The smallest absolute Gasteiger partial charge is 0.0931 e. The van der Waals surface area contributed by atoms with Gasteiger partial charge in [-0.05, 0) is 95.7 Å². The van der Waals surface area contributed by atoms with E-state index in [2.05, 4.69) is 81.8 Å². The lowest BCUT2D eigenvalue weighted by molar-refractivity contribution is 0.140. The molecule has 0 radical (unpaired) electrons. The fraction of sp³-hybridized carbons (Fsp3) is 0.444. The van der Waals surface area contributed by atoms with Crippen LogP contribution in [0.5, 0.6) is 0 Å².